The van der Waals surface area contributed by atoms with Crippen LogP contribution in [0.25, 0.3) is 0 Å². The Morgan fingerprint density at radius 1 is 1.00 bits per heavy atom. The smallest absolute Gasteiger partial charge is 0.271 e. The van der Waals surface area contributed by atoms with E-state index in [0.717, 1.165) is 38.5 Å². The van der Waals surface area contributed by atoms with Gasteiger partial charge in [0.1, 0.15) is 0 Å². The van der Waals surface area contributed by atoms with Crippen LogP contribution in [0.15, 0.2) is 48.6 Å². The molecule has 25 heavy (non-hydrogen) atoms. The van der Waals surface area contributed by atoms with Crippen LogP contribution >= 0.6 is 0 Å². The van der Waals surface area contributed by atoms with Gasteiger partial charge in [0.05, 0.1) is 4.92 Å². The third-order valence-corrected chi connectivity index (χ3v) is 5.13. The number of anilines is 1. The second-order valence-corrected chi connectivity index (χ2v) is 6.83. The van der Waals surface area contributed by atoms with Crippen molar-refractivity contribution in [2.24, 2.45) is 17.8 Å². The van der Waals surface area contributed by atoms with Crippen molar-refractivity contribution in [1.82, 2.24) is 0 Å². The van der Waals surface area contributed by atoms with Crippen LogP contribution < -0.4 is 5.32 Å². The number of carbonyl (C=O) groups excluding carboxylic acids is 1. The largest absolute Gasteiger partial charge is 0.326 e. The van der Waals surface area contributed by atoms with Gasteiger partial charge in [-0.2, -0.15) is 0 Å². The summed E-state index contributed by atoms with van der Waals surface area (Å²) < 4.78 is 0. The Bertz CT molecular complexity index is 672. The first kappa shape index (κ1) is 17.4. The minimum Gasteiger partial charge on any atom is -0.326 e. The van der Waals surface area contributed by atoms with Crippen LogP contribution in [-0.2, 0) is 4.79 Å². The van der Waals surface area contributed by atoms with Crippen molar-refractivity contribution in [2.45, 2.75) is 38.5 Å². The first-order valence-corrected chi connectivity index (χ1v) is 9.02. The van der Waals surface area contributed by atoms with Gasteiger partial charge in [0.15, 0.2) is 0 Å². The fourth-order valence-electron chi connectivity index (χ4n) is 3.79. The summed E-state index contributed by atoms with van der Waals surface area (Å²) in [5.41, 5.74) is 0.497. The van der Waals surface area contributed by atoms with Crippen molar-refractivity contribution in [2.75, 3.05) is 5.32 Å². The molecule has 0 unspecified atom stereocenters. The quantitative estimate of drug-likeness (QED) is 0.485. The molecule has 0 spiro atoms. The van der Waals surface area contributed by atoms with E-state index in [-0.39, 0.29) is 17.5 Å². The number of fused-ring (bicyclic) bond motifs is 1. The lowest BCUT2D eigenvalue weighted by atomic mass is 10.1. The highest BCUT2D eigenvalue weighted by atomic mass is 16.6. The first-order chi connectivity index (χ1) is 12.2. The zero-order valence-corrected chi connectivity index (χ0v) is 14.3. The maximum Gasteiger partial charge on any atom is 0.271 e. The fraction of sp³-hybridized carbons (Fsp3) is 0.450. The van der Waals surface area contributed by atoms with Crippen LogP contribution in [0, 0.1) is 27.9 Å². The normalized spacial score (nSPS) is 28.6. The molecule has 1 fully saturated rings. The number of rotatable bonds is 3. The highest BCUT2D eigenvalue weighted by molar-refractivity contribution is 5.95. The van der Waals surface area contributed by atoms with E-state index in [1.54, 1.807) is 12.1 Å². The van der Waals surface area contributed by atoms with Crippen LogP contribution in [0.3, 0.4) is 0 Å². The Balaban J connectivity index is 1.63. The van der Waals surface area contributed by atoms with Gasteiger partial charge in [0.25, 0.3) is 5.69 Å². The molecule has 1 saturated carbocycles. The number of allylic oxidation sites excluding steroid dienone is 4. The molecule has 3 rings (SSSR count). The van der Waals surface area contributed by atoms with Crippen molar-refractivity contribution < 1.29 is 9.72 Å². The standard InChI is InChI=1S/C20H24N2O3/c23-20(21-15-10-9-11-16(14-15)22(24)25)19-17-12-7-5-3-1-2-4-6-8-13-18(17)19/h3-6,9-11,14,17-19H,1-2,7-8,12-13H2,(H,21,23)/b5-3-,6-4-/t17-,18-/m1/s1. The lowest BCUT2D eigenvalue weighted by Gasteiger charge is -2.05. The van der Waals surface area contributed by atoms with E-state index >= 15 is 0 Å². The Morgan fingerprint density at radius 2 is 1.60 bits per heavy atom. The Kier molecular flexibility index (Phi) is 5.64. The van der Waals surface area contributed by atoms with E-state index in [9.17, 15) is 14.9 Å². The highest BCUT2D eigenvalue weighted by Gasteiger charge is 2.52. The molecule has 1 N–H and O–H groups in total. The molecule has 132 valence electrons. The summed E-state index contributed by atoms with van der Waals surface area (Å²) in [6.07, 6.45) is 15.2. The Morgan fingerprint density at radius 3 is 2.20 bits per heavy atom. The Hall–Kier alpha value is -2.43. The summed E-state index contributed by atoms with van der Waals surface area (Å²) in [5.74, 6) is 0.882. The van der Waals surface area contributed by atoms with E-state index in [1.807, 2.05) is 0 Å². The molecule has 2 aliphatic carbocycles. The van der Waals surface area contributed by atoms with Crippen LogP contribution in [-0.4, -0.2) is 10.8 Å². The van der Waals surface area contributed by atoms with Gasteiger partial charge in [-0.1, -0.05) is 30.4 Å². The van der Waals surface area contributed by atoms with Gasteiger partial charge in [-0.25, -0.2) is 0 Å². The lowest BCUT2D eigenvalue weighted by molar-refractivity contribution is -0.384. The summed E-state index contributed by atoms with van der Waals surface area (Å²) in [5, 5.41) is 13.7. The summed E-state index contributed by atoms with van der Waals surface area (Å²) in [6, 6.07) is 6.14. The zero-order chi connectivity index (χ0) is 17.6. The molecule has 5 nitrogen and oxygen atoms in total. The third kappa shape index (κ3) is 4.56. The number of nitrogens with zero attached hydrogens (tertiary/aromatic N) is 1. The second-order valence-electron chi connectivity index (χ2n) is 6.83. The summed E-state index contributed by atoms with van der Waals surface area (Å²) in [6.45, 7) is 0. The predicted octanol–water partition coefficient (Wildman–Crippen LogP) is 4.86. The molecule has 0 saturated heterocycles. The van der Waals surface area contributed by atoms with Gasteiger partial charge in [-0.05, 0) is 56.4 Å². The Labute approximate surface area is 148 Å². The SMILES string of the molecule is O=C(Nc1cccc([N+](=O)[O-])c1)C1[C@@H]2CC/C=C\CC/C=C\CC[C@@H]12. The van der Waals surface area contributed by atoms with Crippen molar-refractivity contribution in [3.8, 4) is 0 Å². The molecule has 1 aromatic rings. The molecule has 0 radical (unpaired) electrons. The van der Waals surface area contributed by atoms with Crippen molar-refractivity contribution in [1.29, 1.82) is 0 Å². The van der Waals surface area contributed by atoms with Gasteiger partial charge in [-0.3, -0.25) is 14.9 Å². The van der Waals surface area contributed by atoms with Crippen LogP contribution in [0.1, 0.15) is 38.5 Å². The summed E-state index contributed by atoms with van der Waals surface area (Å²) in [7, 11) is 0. The number of nitro groups is 1. The molecule has 1 amide bonds. The van der Waals surface area contributed by atoms with E-state index in [2.05, 4.69) is 29.6 Å². The van der Waals surface area contributed by atoms with E-state index in [4.69, 9.17) is 0 Å². The van der Waals surface area contributed by atoms with E-state index in [1.165, 1.54) is 12.1 Å². The van der Waals surface area contributed by atoms with Crippen LogP contribution in [0.4, 0.5) is 11.4 Å². The molecule has 0 aliphatic heterocycles. The molecular weight excluding hydrogens is 316 g/mol. The average molecular weight is 340 g/mol. The summed E-state index contributed by atoms with van der Waals surface area (Å²) in [4.78, 5) is 23.1. The maximum absolute atomic E-state index is 12.6. The molecule has 0 heterocycles. The van der Waals surface area contributed by atoms with E-state index in [0.29, 0.717) is 17.5 Å². The number of hydrogen-bond acceptors (Lipinski definition) is 3. The maximum atomic E-state index is 12.6. The topological polar surface area (TPSA) is 72.2 Å². The van der Waals surface area contributed by atoms with Crippen LogP contribution in [0.5, 0.6) is 0 Å². The first-order valence-electron chi connectivity index (χ1n) is 9.02. The van der Waals surface area contributed by atoms with Crippen molar-refractivity contribution in [3.63, 3.8) is 0 Å². The monoisotopic (exact) mass is 340 g/mol. The average Bonchev–Trinajstić information content (AvgIpc) is 3.27. The molecule has 5 heteroatoms. The number of nitro benzene ring substituents is 1. The van der Waals surface area contributed by atoms with Crippen molar-refractivity contribution >= 4 is 17.3 Å². The number of amides is 1. The highest BCUT2D eigenvalue weighted by Crippen LogP contribution is 2.52. The van der Waals surface area contributed by atoms with Gasteiger partial charge < -0.3 is 5.32 Å². The van der Waals surface area contributed by atoms with Gasteiger partial charge in [0.2, 0.25) is 5.91 Å². The molecule has 2 aliphatic rings. The number of nitrogens with one attached hydrogen (secondary N) is 1. The fourth-order valence-corrected chi connectivity index (χ4v) is 3.79. The van der Waals surface area contributed by atoms with Gasteiger partial charge in [-0.15, -0.1) is 0 Å². The molecule has 2 atom stereocenters. The zero-order valence-electron chi connectivity index (χ0n) is 14.3. The number of hydrogen-bond donors (Lipinski definition) is 1. The molecule has 0 bridgehead atoms. The molecule has 0 aromatic heterocycles. The van der Waals surface area contributed by atoms with Gasteiger partial charge >= 0.3 is 0 Å². The lowest BCUT2D eigenvalue weighted by Crippen LogP contribution is -2.15. The number of carbonyl (C=O) groups is 1. The number of benzene rings is 1. The minimum absolute atomic E-state index is 0.00155. The van der Waals surface area contributed by atoms with Crippen molar-refractivity contribution in [3.05, 3.63) is 58.7 Å². The van der Waals surface area contributed by atoms with Crippen LogP contribution in [0.2, 0.25) is 0 Å². The summed E-state index contributed by atoms with van der Waals surface area (Å²) >= 11 is 0. The predicted molar refractivity (Wildman–Crippen MR) is 98.2 cm³/mol. The second kappa shape index (κ2) is 8.10. The molecular formula is C20H24N2O3. The minimum atomic E-state index is -0.446. The van der Waals surface area contributed by atoms with E-state index < -0.39 is 4.92 Å². The van der Waals surface area contributed by atoms with Gasteiger partial charge in [0, 0.05) is 23.7 Å². The molecule has 1 aromatic carbocycles. The third-order valence-electron chi connectivity index (χ3n) is 5.13. The number of non-ortho nitro benzene ring substituents is 1.